The Morgan fingerprint density at radius 1 is 1.14 bits per heavy atom. The van der Waals surface area contributed by atoms with E-state index in [-0.39, 0.29) is 13.2 Å². The molecule has 2 amide bonds. The Morgan fingerprint density at radius 2 is 1.71 bits per heavy atom. The number of nitrogens with one attached hydrogen (secondary N) is 2. The standard InChI is InChI=1S/C17H33N3O7Si/c1-17(2,3)27-16(25)20-12(14(22)23)9-13(21)19-10-11(18)15(24)26-7-8-28(4,5)6/h11-12H,7-10,18H2,1-6H3,(H,19,21)(H,20,25)(H,22,23)/t11-,12+/m1/s1. The largest absolute Gasteiger partial charge is 0.480 e. The zero-order chi connectivity index (χ0) is 22.1. The van der Waals surface area contributed by atoms with Crippen molar-refractivity contribution in [2.75, 3.05) is 13.2 Å². The Balaban J connectivity index is 4.42. The number of aliphatic carboxylic acids is 1. The lowest BCUT2D eigenvalue weighted by Gasteiger charge is -2.22. The maximum absolute atomic E-state index is 11.9. The van der Waals surface area contributed by atoms with Gasteiger partial charge >= 0.3 is 18.0 Å². The van der Waals surface area contributed by atoms with E-state index in [9.17, 15) is 19.2 Å². The molecule has 5 N–H and O–H groups in total. The van der Waals surface area contributed by atoms with Gasteiger partial charge in [0.25, 0.3) is 0 Å². The molecule has 0 spiro atoms. The average molecular weight is 420 g/mol. The van der Waals surface area contributed by atoms with Gasteiger partial charge in [-0.25, -0.2) is 9.59 Å². The van der Waals surface area contributed by atoms with E-state index in [1.807, 2.05) is 0 Å². The van der Waals surface area contributed by atoms with Gasteiger partial charge < -0.3 is 30.9 Å². The topological polar surface area (TPSA) is 157 Å². The van der Waals surface area contributed by atoms with Crippen molar-refractivity contribution in [2.24, 2.45) is 5.73 Å². The molecule has 0 rings (SSSR count). The molecule has 0 saturated carbocycles. The lowest BCUT2D eigenvalue weighted by molar-refractivity contribution is -0.145. The van der Waals surface area contributed by atoms with Crippen LogP contribution in [0.4, 0.5) is 4.79 Å². The summed E-state index contributed by atoms with van der Waals surface area (Å²) >= 11 is 0. The van der Waals surface area contributed by atoms with E-state index in [2.05, 4.69) is 30.3 Å². The molecule has 0 aliphatic carbocycles. The van der Waals surface area contributed by atoms with Gasteiger partial charge in [0.2, 0.25) is 5.91 Å². The first-order valence-electron chi connectivity index (χ1n) is 9.02. The number of rotatable bonds is 10. The molecule has 0 radical (unpaired) electrons. The van der Waals surface area contributed by atoms with Crippen LogP contribution in [0.1, 0.15) is 27.2 Å². The number of carbonyl (C=O) groups excluding carboxylic acids is 3. The van der Waals surface area contributed by atoms with E-state index in [1.54, 1.807) is 20.8 Å². The molecule has 0 aromatic heterocycles. The molecular formula is C17H33N3O7Si. The van der Waals surface area contributed by atoms with Crippen molar-refractivity contribution in [1.29, 1.82) is 0 Å². The zero-order valence-corrected chi connectivity index (χ0v) is 18.5. The first-order chi connectivity index (χ1) is 12.6. The van der Waals surface area contributed by atoms with Crippen molar-refractivity contribution >= 4 is 32.0 Å². The van der Waals surface area contributed by atoms with Gasteiger partial charge in [-0.2, -0.15) is 0 Å². The first kappa shape index (κ1) is 25.9. The summed E-state index contributed by atoms with van der Waals surface area (Å²) in [5, 5.41) is 13.6. The van der Waals surface area contributed by atoms with Crippen LogP contribution < -0.4 is 16.4 Å². The first-order valence-corrected chi connectivity index (χ1v) is 12.7. The normalized spacial score (nSPS) is 13.8. The van der Waals surface area contributed by atoms with Crippen molar-refractivity contribution in [2.45, 2.75) is 70.6 Å². The predicted octanol–water partition coefficient (Wildman–Crippen LogP) is 0.679. The molecule has 0 aliphatic rings. The summed E-state index contributed by atoms with van der Waals surface area (Å²) in [5.74, 6) is -2.72. The second kappa shape index (κ2) is 11.0. The van der Waals surface area contributed by atoms with Crippen LogP contribution in [-0.2, 0) is 23.9 Å². The van der Waals surface area contributed by atoms with Gasteiger partial charge in [-0.15, -0.1) is 0 Å². The molecule has 162 valence electrons. The highest BCUT2D eigenvalue weighted by Gasteiger charge is 2.27. The molecule has 2 atom stereocenters. The van der Waals surface area contributed by atoms with Gasteiger partial charge in [-0.05, 0) is 26.8 Å². The van der Waals surface area contributed by atoms with Crippen LogP contribution in [0.15, 0.2) is 0 Å². The molecule has 0 aromatic carbocycles. The summed E-state index contributed by atoms with van der Waals surface area (Å²) in [6.45, 7) is 11.4. The number of hydrogen-bond acceptors (Lipinski definition) is 7. The number of hydrogen-bond donors (Lipinski definition) is 4. The summed E-state index contributed by atoms with van der Waals surface area (Å²) in [4.78, 5) is 46.6. The van der Waals surface area contributed by atoms with Gasteiger partial charge in [-0.1, -0.05) is 19.6 Å². The fourth-order valence-corrected chi connectivity index (χ4v) is 2.49. The predicted molar refractivity (Wildman–Crippen MR) is 106 cm³/mol. The van der Waals surface area contributed by atoms with Crippen molar-refractivity contribution in [1.82, 2.24) is 10.6 Å². The monoisotopic (exact) mass is 419 g/mol. The van der Waals surface area contributed by atoms with Gasteiger partial charge in [0, 0.05) is 14.6 Å². The van der Waals surface area contributed by atoms with E-state index >= 15 is 0 Å². The minimum absolute atomic E-state index is 0.205. The fourth-order valence-electron chi connectivity index (χ4n) is 1.78. The van der Waals surface area contributed by atoms with E-state index < -0.39 is 56.1 Å². The van der Waals surface area contributed by atoms with Gasteiger partial charge in [0.1, 0.15) is 17.7 Å². The van der Waals surface area contributed by atoms with Crippen LogP contribution >= 0.6 is 0 Å². The van der Waals surface area contributed by atoms with E-state index in [1.165, 1.54) is 0 Å². The van der Waals surface area contributed by atoms with Crippen molar-refractivity contribution in [3.63, 3.8) is 0 Å². The van der Waals surface area contributed by atoms with E-state index in [0.717, 1.165) is 6.04 Å². The number of nitrogens with two attached hydrogens (primary N) is 1. The highest BCUT2D eigenvalue weighted by Crippen LogP contribution is 2.08. The van der Waals surface area contributed by atoms with Crippen molar-refractivity contribution < 1.29 is 33.8 Å². The summed E-state index contributed by atoms with van der Waals surface area (Å²) in [5.41, 5.74) is 4.86. The van der Waals surface area contributed by atoms with Gasteiger partial charge in [0.05, 0.1) is 13.0 Å². The molecular weight excluding hydrogens is 386 g/mol. The average Bonchev–Trinajstić information content (AvgIpc) is 2.48. The Morgan fingerprint density at radius 3 is 2.18 bits per heavy atom. The van der Waals surface area contributed by atoms with E-state index in [0.29, 0.717) is 0 Å². The summed E-state index contributed by atoms with van der Waals surface area (Å²) in [6, 6.07) is -1.74. The lowest BCUT2D eigenvalue weighted by atomic mass is 10.2. The van der Waals surface area contributed by atoms with Gasteiger partial charge in [0.15, 0.2) is 0 Å². The number of esters is 1. The lowest BCUT2D eigenvalue weighted by Crippen LogP contribution is -2.48. The minimum Gasteiger partial charge on any atom is -0.480 e. The number of alkyl carbamates (subject to hydrolysis) is 1. The minimum atomic E-state index is -1.48. The zero-order valence-electron chi connectivity index (χ0n) is 17.5. The summed E-state index contributed by atoms with van der Waals surface area (Å²) in [6.07, 6.45) is -1.48. The van der Waals surface area contributed by atoms with E-state index in [4.69, 9.17) is 20.3 Å². The molecule has 0 fully saturated rings. The molecule has 28 heavy (non-hydrogen) atoms. The summed E-state index contributed by atoms with van der Waals surface area (Å²) in [7, 11) is -1.34. The molecule has 0 bridgehead atoms. The Kier molecular flexibility index (Phi) is 10.2. The number of carboxylic acid groups (broad SMARTS) is 1. The van der Waals surface area contributed by atoms with Crippen molar-refractivity contribution in [3.05, 3.63) is 0 Å². The van der Waals surface area contributed by atoms with Crippen LogP contribution in [0.2, 0.25) is 25.7 Å². The van der Waals surface area contributed by atoms with Crippen molar-refractivity contribution in [3.8, 4) is 0 Å². The summed E-state index contributed by atoms with van der Waals surface area (Å²) < 4.78 is 10.0. The quantitative estimate of drug-likeness (QED) is 0.297. The number of ether oxygens (including phenoxy) is 2. The molecule has 11 heteroatoms. The Hall–Kier alpha value is -2.14. The van der Waals surface area contributed by atoms with Crippen LogP contribution in [0, 0.1) is 0 Å². The number of carboxylic acids is 1. The molecule has 10 nitrogen and oxygen atoms in total. The number of carbonyl (C=O) groups is 4. The van der Waals surface area contributed by atoms with Crippen LogP contribution in [0.3, 0.4) is 0 Å². The van der Waals surface area contributed by atoms with Crippen LogP contribution in [-0.4, -0.2) is 68.0 Å². The van der Waals surface area contributed by atoms with Gasteiger partial charge in [-0.3, -0.25) is 9.59 Å². The molecule has 0 unspecified atom stereocenters. The molecule has 0 heterocycles. The molecule has 0 aromatic rings. The van der Waals surface area contributed by atoms with Crippen LogP contribution in [0.5, 0.6) is 0 Å². The maximum Gasteiger partial charge on any atom is 0.408 e. The third-order valence-electron chi connectivity index (χ3n) is 3.30. The Labute approximate surface area is 166 Å². The second-order valence-electron chi connectivity index (χ2n) is 8.63. The fraction of sp³-hybridized carbons (Fsp3) is 0.765. The highest BCUT2D eigenvalue weighted by atomic mass is 28.3. The molecule has 0 saturated heterocycles. The maximum atomic E-state index is 11.9. The Bertz CT molecular complexity index is 570. The third-order valence-corrected chi connectivity index (χ3v) is 5.00. The highest BCUT2D eigenvalue weighted by molar-refractivity contribution is 6.76. The molecule has 0 aliphatic heterocycles. The third kappa shape index (κ3) is 13.1. The SMILES string of the molecule is CC(C)(C)OC(=O)N[C@@H](CC(=O)NC[C@@H](N)C(=O)OCC[Si](C)(C)C)C(=O)O. The smallest absolute Gasteiger partial charge is 0.408 e. The number of amides is 2. The second-order valence-corrected chi connectivity index (χ2v) is 14.3. The van der Waals surface area contributed by atoms with Crippen LogP contribution in [0.25, 0.3) is 0 Å².